The Morgan fingerprint density at radius 1 is 0.955 bits per heavy atom. The van der Waals surface area contributed by atoms with Gasteiger partial charge >= 0.3 is 0 Å². The monoisotopic (exact) mass is 313 g/mol. The van der Waals surface area contributed by atoms with E-state index in [1.807, 2.05) is 0 Å². The maximum atomic E-state index is 11.7. The summed E-state index contributed by atoms with van der Waals surface area (Å²) in [5.41, 5.74) is 0. The average molecular weight is 313 g/mol. The van der Waals surface area contributed by atoms with Gasteiger partial charge in [-0.05, 0) is 77.9 Å². The highest BCUT2D eigenvalue weighted by atomic mass is 16.2. The summed E-state index contributed by atoms with van der Waals surface area (Å²) in [7, 11) is 0. The molecule has 6 heteroatoms. The Morgan fingerprint density at radius 3 is 2.09 bits per heavy atom. The molecule has 22 heavy (non-hydrogen) atoms. The highest BCUT2D eigenvalue weighted by molar-refractivity contribution is 5.81. The van der Waals surface area contributed by atoms with E-state index in [0.717, 1.165) is 78.0 Å². The molecule has 1 saturated heterocycles. The molecular formula is C16H35N5O. The Bertz CT molecular complexity index is 269. The smallest absolute Gasteiger partial charge is 0.237 e. The Kier molecular flexibility index (Phi) is 12.3. The molecule has 5 N–H and O–H groups in total. The predicted octanol–water partition coefficient (Wildman–Crippen LogP) is -0.186. The zero-order chi connectivity index (χ0) is 15.9. The maximum absolute atomic E-state index is 11.7. The number of amides is 1. The van der Waals surface area contributed by atoms with Crippen molar-refractivity contribution in [2.75, 3.05) is 52.4 Å². The van der Waals surface area contributed by atoms with E-state index in [1.165, 1.54) is 6.42 Å². The maximum Gasteiger partial charge on any atom is 0.237 e. The van der Waals surface area contributed by atoms with E-state index in [4.69, 9.17) is 0 Å². The van der Waals surface area contributed by atoms with Gasteiger partial charge in [-0.3, -0.25) is 4.79 Å². The first kappa shape index (κ1) is 19.4. The highest BCUT2D eigenvalue weighted by Gasteiger charge is 2.20. The van der Waals surface area contributed by atoms with E-state index in [1.54, 1.807) is 0 Å². The highest BCUT2D eigenvalue weighted by Crippen LogP contribution is 2.04. The van der Waals surface area contributed by atoms with E-state index >= 15 is 0 Å². The Morgan fingerprint density at radius 2 is 1.55 bits per heavy atom. The normalized spacial score (nSPS) is 17.8. The van der Waals surface area contributed by atoms with Crippen molar-refractivity contribution in [3.8, 4) is 0 Å². The second-order valence-corrected chi connectivity index (χ2v) is 5.85. The summed E-state index contributed by atoms with van der Waals surface area (Å²) in [5, 5.41) is 16.4. The minimum atomic E-state index is 0.0477. The van der Waals surface area contributed by atoms with E-state index < -0.39 is 0 Å². The van der Waals surface area contributed by atoms with Crippen molar-refractivity contribution in [3.05, 3.63) is 0 Å². The number of rotatable bonds is 14. The van der Waals surface area contributed by atoms with Crippen LogP contribution in [-0.2, 0) is 4.79 Å². The van der Waals surface area contributed by atoms with Crippen molar-refractivity contribution in [2.45, 2.75) is 45.1 Å². The van der Waals surface area contributed by atoms with Crippen molar-refractivity contribution in [1.82, 2.24) is 26.6 Å². The van der Waals surface area contributed by atoms with Gasteiger partial charge in [-0.15, -0.1) is 0 Å². The first-order valence-electron chi connectivity index (χ1n) is 8.98. The van der Waals surface area contributed by atoms with Crippen molar-refractivity contribution in [1.29, 1.82) is 0 Å². The SMILES string of the molecule is CCNCCCNCCCNCCCNC(=O)C1CCCN1. The van der Waals surface area contributed by atoms with Gasteiger partial charge in [0, 0.05) is 6.54 Å². The van der Waals surface area contributed by atoms with Gasteiger partial charge in [0.2, 0.25) is 5.91 Å². The summed E-state index contributed by atoms with van der Waals surface area (Å²) in [6, 6.07) is 0.0477. The van der Waals surface area contributed by atoms with Gasteiger partial charge in [-0.1, -0.05) is 6.92 Å². The van der Waals surface area contributed by atoms with E-state index in [2.05, 4.69) is 33.5 Å². The van der Waals surface area contributed by atoms with Crippen LogP contribution in [0.4, 0.5) is 0 Å². The third-order valence-electron chi connectivity index (χ3n) is 3.87. The molecule has 0 aromatic heterocycles. The van der Waals surface area contributed by atoms with Crippen LogP contribution in [0, 0.1) is 0 Å². The fourth-order valence-corrected chi connectivity index (χ4v) is 2.56. The molecule has 0 radical (unpaired) electrons. The van der Waals surface area contributed by atoms with Crippen LogP contribution in [0.2, 0.25) is 0 Å². The first-order chi connectivity index (χ1) is 10.8. The summed E-state index contributed by atoms with van der Waals surface area (Å²) in [4.78, 5) is 11.7. The molecule has 1 aliphatic rings. The summed E-state index contributed by atoms with van der Waals surface area (Å²) >= 11 is 0. The Hall–Kier alpha value is -0.690. The molecule has 0 aromatic rings. The predicted molar refractivity (Wildman–Crippen MR) is 92.2 cm³/mol. The van der Waals surface area contributed by atoms with Gasteiger partial charge in [-0.25, -0.2) is 0 Å². The lowest BCUT2D eigenvalue weighted by atomic mass is 10.2. The fourth-order valence-electron chi connectivity index (χ4n) is 2.56. The number of nitrogens with one attached hydrogen (secondary N) is 5. The summed E-state index contributed by atoms with van der Waals surface area (Å²) < 4.78 is 0. The van der Waals surface area contributed by atoms with Crippen LogP contribution in [0.25, 0.3) is 0 Å². The summed E-state index contributed by atoms with van der Waals surface area (Å²) in [6.45, 7) is 10.2. The molecule has 0 spiro atoms. The van der Waals surface area contributed by atoms with E-state index in [0.29, 0.717) is 0 Å². The fraction of sp³-hybridized carbons (Fsp3) is 0.938. The topological polar surface area (TPSA) is 77.2 Å². The lowest BCUT2D eigenvalue weighted by Gasteiger charge is -2.11. The molecule has 6 nitrogen and oxygen atoms in total. The molecule has 0 aromatic carbocycles. The zero-order valence-corrected chi connectivity index (χ0v) is 14.2. The Labute approximate surface area is 135 Å². The lowest BCUT2D eigenvalue weighted by molar-refractivity contribution is -0.122. The number of hydrogen-bond acceptors (Lipinski definition) is 5. The first-order valence-corrected chi connectivity index (χ1v) is 8.98. The van der Waals surface area contributed by atoms with Crippen molar-refractivity contribution in [2.24, 2.45) is 0 Å². The molecule has 1 heterocycles. The molecule has 1 fully saturated rings. The van der Waals surface area contributed by atoms with Crippen molar-refractivity contribution in [3.63, 3.8) is 0 Å². The van der Waals surface area contributed by atoms with Gasteiger partial charge < -0.3 is 26.6 Å². The average Bonchev–Trinajstić information content (AvgIpc) is 3.06. The van der Waals surface area contributed by atoms with Gasteiger partial charge in [-0.2, -0.15) is 0 Å². The second kappa shape index (κ2) is 13.9. The molecule has 1 amide bonds. The van der Waals surface area contributed by atoms with Crippen LogP contribution in [0.1, 0.15) is 39.0 Å². The van der Waals surface area contributed by atoms with Crippen LogP contribution < -0.4 is 26.6 Å². The van der Waals surface area contributed by atoms with Gasteiger partial charge in [0.05, 0.1) is 6.04 Å². The van der Waals surface area contributed by atoms with Crippen molar-refractivity contribution >= 4 is 5.91 Å². The van der Waals surface area contributed by atoms with Gasteiger partial charge in [0.1, 0.15) is 0 Å². The molecule has 130 valence electrons. The van der Waals surface area contributed by atoms with Crippen LogP contribution in [-0.4, -0.2) is 64.3 Å². The second-order valence-electron chi connectivity index (χ2n) is 5.85. The molecule has 1 unspecified atom stereocenters. The molecular weight excluding hydrogens is 278 g/mol. The molecule has 1 aliphatic heterocycles. The molecule has 0 saturated carbocycles. The minimum Gasteiger partial charge on any atom is -0.355 e. The lowest BCUT2D eigenvalue weighted by Crippen LogP contribution is -2.41. The third-order valence-corrected chi connectivity index (χ3v) is 3.87. The number of carbonyl (C=O) groups excluding carboxylic acids is 1. The molecule has 0 bridgehead atoms. The minimum absolute atomic E-state index is 0.0477. The number of hydrogen-bond donors (Lipinski definition) is 5. The van der Waals surface area contributed by atoms with E-state index in [-0.39, 0.29) is 11.9 Å². The quantitative estimate of drug-likeness (QED) is 0.288. The summed E-state index contributed by atoms with van der Waals surface area (Å²) in [5.74, 6) is 0.166. The zero-order valence-electron chi connectivity index (χ0n) is 14.2. The van der Waals surface area contributed by atoms with Gasteiger partial charge in [0.15, 0.2) is 0 Å². The van der Waals surface area contributed by atoms with E-state index in [9.17, 15) is 4.79 Å². The number of carbonyl (C=O) groups is 1. The molecule has 1 rings (SSSR count). The third kappa shape index (κ3) is 10.1. The van der Waals surface area contributed by atoms with Crippen LogP contribution >= 0.6 is 0 Å². The van der Waals surface area contributed by atoms with Crippen LogP contribution in [0.5, 0.6) is 0 Å². The van der Waals surface area contributed by atoms with Gasteiger partial charge in [0.25, 0.3) is 0 Å². The summed E-state index contributed by atoms with van der Waals surface area (Å²) in [6.07, 6.45) is 5.43. The van der Waals surface area contributed by atoms with Crippen LogP contribution in [0.3, 0.4) is 0 Å². The van der Waals surface area contributed by atoms with Crippen molar-refractivity contribution < 1.29 is 4.79 Å². The standard InChI is InChI=1S/C16H35N5O/c1-2-17-8-4-9-18-10-5-11-19-12-6-14-21-16(22)15-7-3-13-20-15/h15,17-20H,2-14H2,1H3,(H,21,22). The molecule has 0 aliphatic carbocycles. The van der Waals surface area contributed by atoms with Crippen LogP contribution in [0.15, 0.2) is 0 Å². The molecule has 1 atom stereocenters. The largest absolute Gasteiger partial charge is 0.355 e. The Balaban J connectivity index is 1.73.